The van der Waals surface area contributed by atoms with E-state index in [0.29, 0.717) is 33.7 Å². The molecule has 146 valence electrons. The van der Waals surface area contributed by atoms with E-state index in [0.717, 1.165) is 4.90 Å². The minimum absolute atomic E-state index is 0.0000523. The predicted molar refractivity (Wildman–Crippen MR) is 113 cm³/mol. The Hall–Kier alpha value is -2.02. The van der Waals surface area contributed by atoms with Crippen LogP contribution in [0.2, 0.25) is 10.0 Å². The van der Waals surface area contributed by atoms with Crippen molar-refractivity contribution in [2.75, 3.05) is 7.05 Å². The van der Waals surface area contributed by atoms with E-state index in [1.165, 1.54) is 11.8 Å². The Morgan fingerprint density at radius 2 is 1.89 bits per heavy atom. The van der Waals surface area contributed by atoms with Crippen molar-refractivity contribution < 1.29 is 9.32 Å². The molecule has 0 aliphatic heterocycles. The highest BCUT2D eigenvalue weighted by Crippen LogP contribution is 2.28. The van der Waals surface area contributed by atoms with Crippen LogP contribution < -0.4 is 0 Å². The molecule has 0 fully saturated rings. The minimum atomic E-state index is -0.211. The summed E-state index contributed by atoms with van der Waals surface area (Å²) in [4.78, 5) is 19.8. The van der Waals surface area contributed by atoms with Crippen LogP contribution in [0.15, 0.2) is 57.9 Å². The molecule has 0 aliphatic carbocycles. The SMILES string of the molecule is CC[C@H](Sc1ccc(Cl)cc1)C(=O)N(C)Cc1nc(-c2ccccc2Cl)no1. The number of aromatic nitrogens is 2. The molecule has 8 heteroatoms. The highest BCUT2D eigenvalue weighted by molar-refractivity contribution is 8.00. The number of halogens is 2. The second-order valence-corrected chi connectivity index (χ2v) is 8.27. The quantitative estimate of drug-likeness (QED) is 0.453. The molecule has 0 aliphatic rings. The number of amides is 1. The molecule has 2 aromatic carbocycles. The van der Waals surface area contributed by atoms with Crippen LogP contribution in [0, 0.1) is 0 Å². The first-order valence-electron chi connectivity index (χ1n) is 8.72. The van der Waals surface area contributed by atoms with E-state index >= 15 is 0 Å². The first-order chi connectivity index (χ1) is 13.5. The van der Waals surface area contributed by atoms with Crippen LogP contribution in [-0.4, -0.2) is 33.2 Å². The normalized spacial score (nSPS) is 12.0. The van der Waals surface area contributed by atoms with Gasteiger partial charge in [0, 0.05) is 22.5 Å². The maximum atomic E-state index is 12.8. The number of benzene rings is 2. The molecule has 1 aromatic heterocycles. The van der Waals surface area contributed by atoms with Gasteiger partial charge in [0.05, 0.1) is 16.8 Å². The van der Waals surface area contributed by atoms with Gasteiger partial charge >= 0.3 is 0 Å². The average molecular weight is 436 g/mol. The molecule has 0 radical (unpaired) electrons. The third-order valence-corrected chi connectivity index (χ3v) is 6.02. The van der Waals surface area contributed by atoms with E-state index in [4.69, 9.17) is 27.7 Å². The topological polar surface area (TPSA) is 59.2 Å². The second-order valence-electron chi connectivity index (χ2n) is 6.15. The molecule has 1 amide bonds. The van der Waals surface area contributed by atoms with Crippen molar-refractivity contribution in [3.05, 3.63) is 64.5 Å². The summed E-state index contributed by atoms with van der Waals surface area (Å²) in [5.74, 6) is 0.765. The molecule has 0 spiro atoms. The largest absolute Gasteiger partial charge is 0.337 e. The lowest BCUT2D eigenvalue weighted by atomic mass is 10.2. The van der Waals surface area contributed by atoms with Crippen molar-refractivity contribution >= 4 is 40.9 Å². The summed E-state index contributed by atoms with van der Waals surface area (Å²) in [5.41, 5.74) is 0.692. The van der Waals surface area contributed by atoms with Gasteiger partial charge in [0.25, 0.3) is 0 Å². The summed E-state index contributed by atoms with van der Waals surface area (Å²) in [6, 6.07) is 14.7. The van der Waals surface area contributed by atoms with Gasteiger partial charge in [0.2, 0.25) is 17.6 Å². The highest BCUT2D eigenvalue weighted by Gasteiger charge is 2.23. The molecule has 28 heavy (non-hydrogen) atoms. The Morgan fingerprint density at radius 1 is 1.18 bits per heavy atom. The fourth-order valence-corrected chi connectivity index (χ4v) is 4.00. The Kier molecular flexibility index (Phi) is 6.99. The van der Waals surface area contributed by atoms with E-state index in [9.17, 15) is 4.79 Å². The number of nitrogens with zero attached hydrogens (tertiary/aromatic N) is 3. The summed E-state index contributed by atoms with van der Waals surface area (Å²) in [6.07, 6.45) is 0.700. The van der Waals surface area contributed by atoms with Gasteiger partial charge in [-0.3, -0.25) is 4.79 Å². The lowest BCUT2D eigenvalue weighted by Gasteiger charge is -2.21. The molecule has 0 saturated heterocycles. The van der Waals surface area contributed by atoms with E-state index in [2.05, 4.69) is 10.1 Å². The van der Waals surface area contributed by atoms with Gasteiger partial charge in [-0.25, -0.2) is 0 Å². The molecule has 1 heterocycles. The third kappa shape index (κ3) is 5.07. The molecule has 3 aromatic rings. The standard InChI is InChI=1S/C20H19Cl2N3O2S/c1-3-17(28-14-10-8-13(21)9-11-14)20(26)25(2)12-18-23-19(24-27-18)15-6-4-5-7-16(15)22/h4-11,17H,3,12H2,1-2H3/t17-/m0/s1. The summed E-state index contributed by atoms with van der Waals surface area (Å²) in [5, 5.41) is 4.98. The lowest BCUT2D eigenvalue weighted by molar-refractivity contribution is -0.130. The molecule has 5 nitrogen and oxygen atoms in total. The van der Waals surface area contributed by atoms with Gasteiger partial charge in [-0.15, -0.1) is 11.8 Å². The van der Waals surface area contributed by atoms with Crippen LogP contribution in [-0.2, 0) is 11.3 Å². The third-order valence-electron chi connectivity index (χ3n) is 4.07. The highest BCUT2D eigenvalue weighted by atomic mass is 35.5. The minimum Gasteiger partial charge on any atom is -0.337 e. The van der Waals surface area contributed by atoms with E-state index in [1.54, 1.807) is 18.0 Å². The van der Waals surface area contributed by atoms with Gasteiger partial charge in [0.15, 0.2) is 0 Å². The van der Waals surface area contributed by atoms with Crippen molar-refractivity contribution in [1.29, 1.82) is 0 Å². The van der Waals surface area contributed by atoms with Crippen LogP contribution in [0.4, 0.5) is 0 Å². The van der Waals surface area contributed by atoms with Gasteiger partial charge < -0.3 is 9.42 Å². The van der Waals surface area contributed by atoms with Crippen molar-refractivity contribution in [2.24, 2.45) is 0 Å². The Morgan fingerprint density at radius 3 is 2.57 bits per heavy atom. The van der Waals surface area contributed by atoms with Crippen molar-refractivity contribution in [3.63, 3.8) is 0 Å². The van der Waals surface area contributed by atoms with Crippen molar-refractivity contribution in [1.82, 2.24) is 15.0 Å². The summed E-state index contributed by atoms with van der Waals surface area (Å²) >= 11 is 13.6. The number of carbonyl (C=O) groups is 1. The maximum Gasteiger partial charge on any atom is 0.246 e. The number of rotatable bonds is 7. The molecule has 0 saturated carbocycles. The summed E-state index contributed by atoms with van der Waals surface area (Å²) in [6.45, 7) is 2.22. The van der Waals surface area contributed by atoms with Crippen LogP contribution in [0.1, 0.15) is 19.2 Å². The van der Waals surface area contributed by atoms with Crippen LogP contribution in [0.3, 0.4) is 0 Å². The summed E-state index contributed by atoms with van der Waals surface area (Å²) < 4.78 is 5.30. The number of hydrogen-bond acceptors (Lipinski definition) is 5. The van der Waals surface area contributed by atoms with E-state index in [-0.39, 0.29) is 17.7 Å². The molecular weight excluding hydrogens is 417 g/mol. The van der Waals surface area contributed by atoms with Gasteiger partial charge in [-0.1, -0.05) is 47.4 Å². The van der Waals surface area contributed by atoms with Crippen LogP contribution in [0.25, 0.3) is 11.4 Å². The number of carbonyl (C=O) groups excluding carboxylic acids is 1. The molecule has 1 atom stereocenters. The Labute approximate surface area is 178 Å². The zero-order chi connectivity index (χ0) is 20.1. The Balaban J connectivity index is 1.66. The molecular formula is C20H19Cl2N3O2S. The first-order valence-corrected chi connectivity index (χ1v) is 10.4. The van der Waals surface area contributed by atoms with Gasteiger partial charge in [-0.05, 0) is 42.8 Å². The zero-order valence-electron chi connectivity index (χ0n) is 15.4. The van der Waals surface area contributed by atoms with E-state index < -0.39 is 0 Å². The average Bonchev–Trinajstić information content (AvgIpc) is 3.15. The fourth-order valence-electron chi connectivity index (χ4n) is 2.58. The molecule has 0 bridgehead atoms. The van der Waals surface area contributed by atoms with Gasteiger partial charge in [0.1, 0.15) is 0 Å². The lowest BCUT2D eigenvalue weighted by Crippen LogP contribution is -2.34. The molecule has 0 unspecified atom stereocenters. The van der Waals surface area contributed by atoms with Crippen molar-refractivity contribution in [2.45, 2.75) is 30.0 Å². The Bertz CT molecular complexity index is 947. The second kappa shape index (κ2) is 9.45. The zero-order valence-corrected chi connectivity index (χ0v) is 17.8. The number of hydrogen-bond donors (Lipinski definition) is 0. The predicted octanol–water partition coefficient (Wildman–Crippen LogP) is 5.57. The van der Waals surface area contributed by atoms with Crippen LogP contribution in [0.5, 0.6) is 0 Å². The van der Waals surface area contributed by atoms with Crippen molar-refractivity contribution in [3.8, 4) is 11.4 Å². The fraction of sp³-hybridized carbons (Fsp3) is 0.250. The monoisotopic (exact) mass is 435 g/mol. The molecule has 0 N–H and O–H groups in total. The van der Waals surface area contributed by atoms with Crippen LogP contribution >= 0.6 is 35.0 Å². The van der Waals surface area contributed by atoms with E-state index in [1.807, 2.05) is 49.4 Å². The number of thioether (sulfide) groups is 1. The first kappa shape index (κ1) is 20.7. The smallest absolute Gasteiger partial charge is 0.246 e. The van der Waals surface area contributed by atoms with Gasteiger partial charge in [-0.2, -0.15) is 4.98 Å². The summed E-state index contributed by atoms with van der Waals surface area (Å²) in [7, 11) is 1.73. The molecule has 3 rings (SSSR count). The maximum absolute atomic E-state index is 12.8.